The summed E-state index contributed by atoms with van der Waals surface area (Å²) in [6.07, 6.45) is -0.114. The van der Waals surface area contributed by atoms with Gasteiger partial charge in [-0.15, -0.1) is 0 Å². The molecule has 2 heterocycles. The van der Waals surface area contributed by atoms with Crippen LogP contribution in [0.15, 0.2) is 20.7 Å². The summed E-state index contributed by atoms with van der Waals surface area (Å²) in [5, 5.41) is 7.30. The molecule has 0 aromatic carbocycles. The van der Waals surface area contributed by atoms with Crippen LogP contribution in [0.2, 0.25) is 0 Å². The molecule has 0 bridgehead atoms. The highest BCUT2D eigenvalue weighted by molar-refractivity contribution is 7.08. The largest absolute Gasteiger partial charge is 0.370 e. The maximum atomic E-state index is 5.69. The monoisotopic (exact) mass is 251 g/mol. The van der Waals surface area contributed by atoms with E-state index in [0.717, 1.165) is 12.5 Å². The number of guanidine groups is 2. The quantitative estimate of drug-likeness (QED) is 0.827. The standard InChI is InChI=1S/C11H17N5S/c1-7-5-17-6-9(7)4-16(3)11-14-8(2)13-10(12)15-11/h5-6,8H,4H2,1-3H3,(H3,12,13,14,15). The lowest BCUT2D eigenvalue weighted by molar-refractivity contribution is 0.478. The smallest absolute Gasteiger partial charge is 0.202 e. The Morgan fingerprint density at radius 1 is 1.47 bits per heavy atom. The van der Waals surface area contributed by atoms with E-state index < -0.39 is 0 Å². The van der Waals surface area contributed by atoms with Crippen LogP contribution in [0.5, 0.6) is 0 Å². The van der Waals surface area contributed by atoms with Crippen molar-refractivity contribution in [3.63, 3.8) is 0 Å². The number of nitrogens with two attached hydrogens (primary N) is 1. The molecule has 1 aliphatic rings. The van der Waals surface area contributed by atoms with Gasteiger partial charge in [0.1, 0.15) is 6.17 Å². The van der Waals surface area contributed by atoms with Crippen LogP contribution >= 0.6 is 11.3 Å². The molecular formula is C11H17N5S. The van der Waals surface area contributed by atoms with Crippen LogP contribution in [0.1, 0.15) is 18.1 Å². The topological polar surface area (TPSA) is 66.0 Å². The second kappa shape index (κ2) is 4.75. The van der Waals surface area contributed by atoms with E-state index in [1.807, 2.05) is 18.9 Å². The Labute approximate surface area is 105 Å². The summed E-state index contributed by atoms with van der Waals surface area (Å²) in [6.45, 7) is 4.85. The van der Waals surface area contributed by atoms with Crippen LogP contribution in [0, 0.1) is 6.92 Å². The van der Waals surface area contributed by atoms with Gasteiger partial charge in [-0.05, 0) is 35.7 Å². The molecule has 1 atom stereocenters. The van der Waals surface area contributed by atoms with E-state index >= 15 is 0 Å². The molecule has 0 spiro atoms. The third-order valence-electron chi connectivity index (χ3n) is 2.61. The first-order valence-corrected chi connectivity index (χ1v) is 6.41. The zero-order valence-electron chi connectivity index (χ0n) is 10.3. The second-order valence-corrected chi connectivity index (χ2v) is 4.90. The molecule has 92 valence electrons. The van der Waals surface area contributed by atoms with E-state index in [1.54, 1.807) is 11.3 Å². The molecule has 0 radical (unpaired) electrons. The van der Waals surface area contributed by atoms with Crippen molar-refractivity contribution in [3.8, 4) is 0 Å². The molecule has 1 unspecified atom stereocenters. The molecule has 0 saturated carbocycles. The third kappa shape index (κ3) is 2.76. The van der Waals surface area contributed by atoms with Crippen LogP contribution in [0.3, 0.4) is 0 Å². The highest BCUT2D eigenvalue weighted by Crippen LogP contribution is 2.15. The maximum Gasteiger partial charge on any atom is 0.202 e. The molecule has 0 saturated heterocycles. The van der Waals surface area contributed by atoms with E-state index in [-0.39, 0.29) is 6.17 Å². The predicted molar refractivity (Wildman–Crippen MR) is 72.2 cm³/mol. The fourth-order valence-corrected chi connectivity index (χ4v) is 2.51. The van der Waals surface area contributed by atoms with Gasteiger partial charge in [-0.1, -0.05) is 0 Å². The lowest BCUT2D eigenvalue weighted by Gasteiger charge is -2.25. The first kappa shape index (κ1) is 11.9. The highest BCUT2D eigenvalue weighted by Gasteiger charge is 2.15. The Hall–Kier alpha value is -1.56. The third-order valence-corrected chi connectivity index (χ3v) is 3.52. The number of hydrogen-bond acceptors (Lipinski definition) is 6. The van der Waals surface area contributed by atoms with Gasteiger partial charge in [-0.25, -0.2) is 9.98 Å². The molecule has 3 N–H and O–H groups in total. The minimum Gasteiger partial charge on any atom is -0.370 e. The molecule has 2 rings (SSSR count). The van der Waals surface area contributed by atoms with Crippen LogP contribution < -0.4 is 11.1 Å². The van der Waals surface area contributed by atoms with Crippen molar-refractivity contribution < 1.29 is 0 Å². The van der Waals surface area contributed by atoms with Gasteiger partial charge < -0.3 is 10.6 Å². The van der Waals surface area contributed by atoms with Gasteiger partial charge >= 0.3 is 0 Å². The van der Waals surface area contributed by atoms with Gasteiger partial charge in [-0.2, -0.15) is 11.3 Å². The number of thiophene rings is 1. The SMILES string of the molecule is Cc1cscc1CN(C)C1=NC(C)N=C(N)N1. The Kier molecular flexibility index (Phi) is 3.33. The number of aryl methyl sites for hydroxylation is 1. The highest BCUT2D eigenvalue weighted by atomic mass is 32.1. The number of nitrogens with one attached hydrogen (secondary N) is 1. The summed E-state index contributed by atoms with van der Waals surface area (Å²) in [5.74, 6) is 1.20. The Morgan fingerprint density at radius 2 is 2.24 bits per heavy atom. The van der Waals surface area contributed by atoms with Crippen molar-refractivity contribution in [3.05, 3.63) is 21.9 Å². The molecule has 0 amide bonds. The Bertz CT molecular complexity index is 462. The summed E-state index contributed by atoms with van der Waals surface area (Å²) in [5.41, 5.74) is 8.32. The molecule has 6 heteroatoms. The minimum atomic E-state index is -0.114. The van der Waals surface area contributed by atoms with Gasteiger partial charge in [0, 0.05) is 13.6 Å². The number of rotatable bonds is 2. The van der Waals surface area contributed by atoms with Gasteiger partial charge in [0.05, 0.1) is 0 Å². The first-order chi connectivity index (χ1) is 8.06. The summed E-state index contributed by atoms with van der Waals surface area (Å²) < 4.78 is 0. The number of aliphatic imine (C=N–C) groups is 2. The Balaban J connectivity index is 2.06. The Morgan fingerprint density at radius 3 is 2.82 bits per heavy atom. The number of nitrogens with zero attached hydrogens (tertiary/aromatic N) is 3. The zero-order valence-corrected chi connectivity index (χ0v) is 11.1. The van der Waals surface area contributed by atoms with E-state index in [4.69, 9.17) is 5.73 Å². The molecule has 1 aliphatic heterocycles. The molecule has 1 aromatic rings. The van der Waals surface area contributed by atoms with Crippen molar-refractivity contribution in [1.29, 1.82) is 0 Å². The summed E-state index contributed by atoms with van der Waals surface area (Å²) in [4.78, 5) is 10.6. The fourth-order valence-electron chi connectivity index (χ4n) is 1.66. The van der Waals surface area contributed by atoms with Gasteiger partial charge in [0.15, 0.2) is 5.96 Å². The van der Waals surface area contributed by atoms with E-state index in [2.05, 4.69) is 33.0 Å². The normalized spacial score (nSPS) is 19.4. The van der Waals surface area contributed by atoms with Gasteiger partial charge in [-0.3, -0.25) is 5.32 Å². The average molecular weight is 251 g/mol. The van der Waals surface area contributed by atoms with Crippen LogP contribution in [-0.2, 0) is 6.54 Å². The summed E-state index contributed by atoms with van der Waals surface area (Å²) >= 11 is 1.72. The van der Waals surface area contributed by atoms with Crippen molar-refractivity contribution >= 4 is 23.3 Å². The van der Waals surface area contributed by atoms with Crippen LogP contribution in [-0.4, -0.2) is 30.0 Å². The lowest BCUT2D eigenvalue weighted by atomic mass is 10.2. The summed E-state index contributed by atoms with van der Waals surface area (Å²) in [7, 11) is 1.99. The van der Waals surface area contributed by atoms with E-state index in [9.17, 15) is 0 Å². The first-order valence-electron chi connectivity index (χ1n) is 5.47. The van der Waals surface area contributed by atoms with Crippen LogP contribution in [0.25, 0.3) is 0 Å². The van der Waals surface area contributed by atoms with Crippen LogP contribution in [0.4, 0.5) is 0 Å². The van der Waals surface area contributed by atoms with Crippen molar-refractivity contribution in [2.45, 2.75) is 26.6 Å². The second-order valence-electron chi connectivity index (χ2n) is 4.16. The zero-order chi connectivity index (χ0) is 12.4. The minimum absolute atomic E-state index is 0.114. The van der Waals surface area contributed by atoms with Gasteiger partial charge in [0.2, 0.25) is 5.96 Å². The maximum absolute atomic E-state index is 5.69. The molecular weight excluding hydrogens is 234 g/mol. The van der Waals surface area contributed by atoms with E-state index in [1.165, 1.54) is 11.1 Å². The van der Waals surface area contributed by atoms with Crippen molar-refractivity contribution in [2.24, 2.45) is 15.7 Å². The molecule has 0 fully saturated rings. The fraction of sp³-hybridized carbons (Fsp3) is 0.455. The average Bonchev–Trinajstić information content (AvgIpc) is 2.63. The molecule has 0 aliphatic carbocycles. The number of hydrogen-bond donors (Lipinski definition) is 2. The van der Waals surface area contributed by atoms with Crippen molar-refractivity contribution in [1.82, 2.24) is 10.2 Å². The van der Waals surface area contributed by atoms with E-state index in [0.29, 0.717) is 5.96 Å². The summed E-state index contributed by atoms with van der Waals surface area (Å²) in [6, 6.07) is 0. The molecule has 17 heavy (non-hydrogen) atoms. The molecule has 1 aromatic heterocycles. The van der Waals surface area contributed by atoms with Gasteiger partial charge in [0.25, 0.3) is 0 Å². The lowest BCUT2D eigenvalue weighted by Crippen LogP contribution is -2.48. The molecule has 5 nitrogen and oxygen atoms in total. The predicted octanol–water partition coefficient (Wildman–Crippen LogP) is 1.11. The van der Waals surface area contributed by atoms with Crippen molar-refractivity contribution in [2.75, 3.05) is 7.05 Å².